The summed E-state index contributed by atoms with van der Waals surface area (Å²) in [6.45, 7) is 9.03. The SMILES string of the molecule is CC[C@H](C)NC(=O)CSc1nc(C)nc(C)c1C(C)=O. The summed E-state index contributed by atoms with van der Waals surface area (Å²) in [5.41, 5.74) is 1.17. The smallest absolute Gasteiger partial charge is 0.230 e. The molecule has 6 heteroatoms. The number of amides is 1. The van der Waals surface area contributed by atoms with Gasteiger partial charge in [-0.3, -0.25) is 9.59 Å². The van der Waals surface area contributed by atoms with E-state index in [0.717, 1.165) is 6.42 Å². The summed E-state index contributed by atoms with van der Waals surface area (Å²) in [5, 5.41) is 3.47. The van der Waals surface area contributed by atoms with E-state index in [2.05, 4.69) is 15.3 Å². The van der Waals surface area contributed by atoms with Crippen molar-refractivity contribution >= 4 is 23.5 Å². The van der Waals surface area contributed by atoms with E-state index in [1.54, 1.807) is 13.8 Å². The molecule has 0 saturated carbocycles. The highest BCUT2D eigenvalue weighted by Gasteiger charge is 2.16. The number of aryl methyl sites for hydroxylation is 2. The van der Waals surface area contributed by atoms with E-state index in [1.807, 2.05) is 13.8 Å². The Bertz CT molecular complexity index is 517. The third-order valence-electron chi connectivity index (χ3n) is 2.88. The molecular weight excluding hydrogens is 274 g/mol. The Balaban J connectivity index is 2.82. The number of thioether (sulfide) groups is 1. The molecule has 0 aromatic carbocycles. The maximum absolute atomic E-state index is 11.8. The van der Waals surface area contributed by atoms with Crippen molar-refractivity contribution in [2.24, 2.45) is 0 Å². The Kier molecular flexibility index (Phi) is 6.13. The number of nitrogens with one attached hydrogen (secondary N) is 1. The van der Waals surface area contributed by atoms with Crippen LogP contribution in [-0.2, 0) is 4.79 Å². The third-order valence-corrected chi connectivity index (χ3v) is 3.86. The lowest BCUT2D eigenvalue weighted by atomic mass is 10.2. The predicted molar refractivity (Wildman–Crippen MR) is 80.1 cm³/mol. The predicted octanol–water partition coefficient (Wildman–Crippen LogP) is 2.30. The van der Waals surface area contributed by atoms with Gasteiger partial charge in [0.1, 0.15) is 10.9 Å². The molecule has 1 rings (SSSR count). The molecule has 1 N–H and O–H groups in total. The molecule has 0 aliphatic rings. The van der Waals surface area contributed by atoms with Gasteiger partial charge in [0.15, 0.2) is 5.78 Å². The molecule has 1 amide bonds. The molecule has 0 aliphatic heterocycles. The van der Waals surface area contributed by atoms with E-state index >= 15 is 0 Å². The Morgan fingerprint density at radius 2 is 1.95 bits per heavy atom. The van der Waals surface area contributed by atoms with Gasteiger partial charge in [-0.2, -0.15) is 0 Å². The van der Waals surface area contributed by atoms with Crippen LogP contribution in [0.25, 0.3) is 0 Å². The summed E-state index contributed by atoms with van der Waals surface area (Å²) in [6.07, 6.45) is 0.890. The van der Waals surface area contributed by atoms with E-state index in [0.29, 0.717) is 22.1 Å². The number of carbonyl (C=O) groups is 2. The van der Waals surface area contributed by atoms with Crippen molar-refractivity contribution in [1.29, 1.82) is 0 Å². The maximum atomic E-state index is 11.8. The zero-order valence-electron chi connectivity index (χ0n) is 12.6. The van der Waals surface area contributed by atoms with Crippen molar-refractivity contribution < 1.29 is 9.59 Å². The van der Waals surface area contributed by atoms with Gasteiger partial charge in [0.05, 0.1) is 17.0 Å². The molecule has 110 valence electrons. The van der Waals surface area contributed by atoms with E-state index in [1.165, 1.54) is 18.7 Å². The molecule has 0 unspecified atom stereocenters. The van der Waals surface area contributed by atoms with Crippen LogP contribution in [0.5, 0.6) is 0 Å². The number of rotatable bonds is 6. The zero-order valence-corrected chi connectivity index (χ0v) is 13.4. The van der Waals surface area contributed by atoms with Crippen molar-refractivity contribution in [2.75, 3.05) is 5.75 Å². The van der Waals surface area contributed by atoms with Gasteiger partial charge >= 0.3 is 0 Å². The van der Waals surface area contributed by atoms with Gasteiger partial charge in [-0.15, -0.1) is 0 Å². The third kappa shape index (κ3) is 4.59. The number of aromatic nitrogens is 2. The summed E-state index contributed by atoms with van der Waals surface area (Å²) in [5.74, 6) is 0.734. The summed E-state index contributed by atoms with van der Waals surface area (Å²) in [7, 11) is 0. The molecule has 5 nitrogen and oxygen atoms in total. The van der Waals surface area contributed by atoms with Gasteiger partial charge in [0.25, 0.3) is 0 Å². The standard InChI is InChI=1S/C14H21N3O2S/c1-6-8(2)15-12(19)7-20-14-13(10(4)18)9(3)16-11(5)17-14/h8H,6-7H2,1-5H3,(H,15,19)/t8-/m0/s1. The average molecular weight is 295 g/mol. The van der Waals surface area contributed by atoms with Crippen LogP contribution in [0, 0.1) is 13.8 Å². The fourth-order valence-corrected chi connectivity index (χ4v) is 2.73. The van der Waals surface area contributed by atoms with Gasteiger partial charge < -0.3 is 5.32 Å². The minimum Gasteiger partial charge on any atom is -0.353 e. The van der Waals surface area contributed by atoms with Crippen LogP contribution in [0.1, 0.15) is 49.1 Å². The Labute approximate surface area is 124 Å². The summed E-state index contributed by atoms with van der Waals surface area (Å²) >= 11 is 1.28. The normalized spacial score (nSPS) is 12.1. The van der Waals surface area contributed by atoms with Crippen LogP contribution in [0.4, 0.5) is 0 Å². The number of hydrogen-bond acceptors (Lipinski definition) is 5. The quantitative estimate of drug-likeness (QED) is 0.495. The molecule has 0 radical (unpaired) electrons. The first-order valence-corrected chi connectivity index (χ1v) is 7.62. The first-order chi connectivity index (χ1) is 9.35. The highest BCUT2D eigenvalue weighted by molar-refractivity contribution is 8.00. The molecule has 1 aromatic heterocycles. The first-order valence-electron chi connectivity index (χ1n) is 6.63. The van der Waals surface area contributed by atoms with Gasteiger partial charge in [-0.25, -0.2) is 9.97 Å². The second-order valence-corrected chi connectivity index (χ2v) is 5.72. The minimum atomic E-state index is -0.0765. The average Bonchev–Trinajstić information content (AvgIpc) is 2.34. The van der Waals surface area contributed by atoms with Gasteiger partial charge in [0.2, 0.25) is 5.91 Å². The van der Waals surface area contributed by atoms with Crippen molar-refractivity contribution in [2.45, 2.75) is 52.1 Å². The minimum absolute atomic E-state index is 0.0484. The highest BCUT2D eigenvalue weighted by Crippen LogP contribution is 2.23. The molecule has 0 aliphatic carbocycles. The van der Waals surface area contributed by atoms with Crippen LogP contribution in [0.3, 0.4) is 0 Å². The zero-order chi connectivity index (χ0) is 15.3. The molecule has 20 heavy (non-hydrogen) atoms. The number of ketones is 1. The van der Waals surface area contributed by atoms with E-state index < -0.39 is 0 Å². The molecule has 0 spiro atoms. The molecule has 1 aromatic rings. The van der Waals surface area contributed by atoms with Crippen LogP contribution in [0.15, 0.2) is 5.03 Å². The van der Waals surface area contributed by atoms with Crippen molar-refractivity contribution in [3.05, 3.63) is 17.1 Å². The monoisotopic (exact) mass is 295 g/mol. The number of hydrogen-bond donors (Lipinski definition) is 1. The molecule has 0 bridgehead atoms. The Morgan fingerprint density at radius 3 is 2.50 bits per heavy atom. The molecule has 0 saturated heterocycles. The van der Waals surface area contributed by atoms with Gasteiger partial charge in [0, 0.05) is 6.04 Å². The van der Waals surface area contributed by atoms with Crippen LogP contribution >= 0.6 is 11.8 Å². The van der Waals surface area contributed by atoms with Crippen molar-refractivity contribution in [3.63, 3.8) is 0 Å². The Morgan fingerprint density at radius 1 is 1.30 bits per heavy atom. The topological polar surface area (TPSA) is 72.0 Å². The summed E-state index contributed by atoms with van der Waals surface area (Å²) in [6, 6.07) is 0.157. The van der Waals surface area contributed by atoms with Crippen molar-refractivity contribution in [1.82, 2.24) is 15.3 Å². The van der Waals surface area contributed by atoms with Crippen molar-refractivity contribution in [3.8, 4) is 0 Å². The Hall–Kier alpha value is -1.43. The second kappa shape index (κ2) is 7.38. The lowest BCUT2D eigenvalue weighted by molar-refractivity contribution is -0.119. The van der Waals surface area contributed by atoms with E-state index in [-0.39, 0.29) is 23.5 Å². The maximum Gasteiger partial charge on any atom is 0.230 e. The molecule has 1 atom stereocenters. The van der Waals surface area contributed by atoms with Crippen LogP contribution in [-0.4, -0.2) is 33.5 Å². The van der Waals surface area contributed by atoms with Crippen LogP contribution < -0.4 is 5.32 Å². The van der Waals surface area contributed by atoms with Gasteiger partial charge in [-0.05, 0) is 34.1 Å². The summed E-state index contributed by atoms with van der Waals surface area (Å²) < 4.78 is 0. The number of nitrogens with zero attached hydrogens (tertiary/aromatic N) is 2. The summed E-state index contributed by atoms with van der Waals surface area (Å²) in [4.78, 5) is 31.9. The molecular formula is C14H21N3O2S. The van der Waals surface area contributed by atoms with Gasteiger partial charge in [-0.1, -0.05) is 18.7 Å². The largest absolute Gasteiger partial charge is 0.353 e. The lowest BCUT2D eigenvalue weighted by Gasteiger charge is -2.12. The molecule has 1 heterocycles. The highest BCUT2D eigenvalue weighted by atomic mass is 32.2. The lowest BCUT2D eigenvalue weighted by Crippen LogP contribution is -2.33. The molecule has 0 fully saturated rings. The fraction of sp³-hybridized carbons (Fsp3) is 0.571. The number of carbonyl (C=O) groups excluding carboxylic acids is 2. The first kappa shape index (κ1) is 16.6. The second-order valence-electron chi connectivity index (χ2n) is 4.76. The van der Waals surface area contributed by atoms with E-state index in [9.17, 15) is 9.59 Å². The van der Waals surface area contributed by atoms with Crippen LogP contribution in [0.2, 0.25) is 0 Å². The van der Waals surface area contributed by atoms with E-state index in [4.69, 9.17) is 0 Å². The fourth-order valence-electron chi connectivity index (χ4n) is 1.74. The number of Topliss-reactive ketones (excluding diaryl/α,β-unsaturated/α-hetero) is 1.